The number of rotatable bonds is 3. The normalized spacial score (nSPS) is 25.9. The number of carboxylic acid groups (broad SMARTS) is 1. The Hall–Kier alpha value is -1.06. The summed E-state index contributed by atoms with van der Waals surface area (Å²) in [5, 5.41) is 12.0. The van der Waals surface area contributed by atoms with Gasteiger partial charge < -0.3 is 10.4 Å². The molecule has 2 aliphatic rings. The van der Waals surface area contributed by atoms with E-state index in [4.69, 9.17) is 5.11 Å². The van der Waals surface area contributed by atoms with Crippen LogP contribution in [0.5, 0.6) is 0 Å². The first-order valence-corrected chi connectivity index (χ1v) is 5.55. The summed E-state index contributed by atoms with van der Waals surface area (Å²) < 4.78 is 0. The van der Waals surface area contributed by atoms with Crippen LogP contribution < -0.4 is 5.32 Å². The van der Waals surface area contributed by atoms with Gasteiger partial charge in [0.1, 0.15) is 5.41 Å². The van der Waals surface area contributed by atoms with Crippen LogP contribution in [0, 0.1) is 5.41 Å². The standard InChI is InChI=1S/C11H17NO3/c1-10(4-2-5-10)12-8(13)11(9(14)15)6-3-7-11/h2-7H2,1H3,(H,12,13)(H,14,15). The van der Waals surface area contributed by atoms with Crippen molar-refractivity contribution in [3.05, 3.63) is 0 Å². The fourth-order valence-corrected chi connectivity index (χ4v) is 2.29. The Labute approximate surface area is 89.0 Å². The number of carboxylic acids is 1. The molecule has 4 nitrogen and oxygen atoms in total. The smallest absolute Gasteiger partial charge is 0.319 e. The zero-order valence-corrected chi connectivity index (χ0v) is 9.01. The minimum absolute atomic E-state index is 0.144. The van der Waals surface area contributed by atoms with E-state index in [1.807, 2.05) is 6.92 Å². The van der Waals surface area contributed by atoms with E-state index in [0.29, 0.717) is 12.8 Å². The number of hydrogen-bond acceptors (Lipinski definition) is 2. The van der Waals surface area contributed by atoms with Crippen molar-refractivity contribution < 1.29 is 14.7 Å². The molecule has 1 amide bonds. The number of hydrogen-bond donors (Lipinski definition) is 2. The molecular weight excluding hydrogens is 194 g/mol. The Morgan fingerprint density at radius 3 is 1.93 bits per heavy atom. The molecule has 0 spiro atoms. The first kappa shape index (κ1) is 10.5. The summed E-state index contributed by atoms with van der Waals surface area (Å²) in [6, 6.07) is 0. The van der Waals surface area contributed by atoms with Gasteiger partial charge in [0.2, 0.25) is 5.91 Å². The first-order valence-electron chi connectivity index (χ1n) is 5.55. The quantitative estimate of drug-likeness (QED) is 0.691. The summed E-state index contributed by atoms with van der Waals surface area (Å²) in [4.78, 5) is 23.0. The molecule has 2 N–H and O–H groups in total. The van der Waals surface area contributed by atoms with E-state index < -0.39 is 11.4 Å². The fourth-order valence-electron chi connectivity index (χ4n) is 2.29. The Morgan fingerprint density at radius 2 is 1.67 bits per heavy atom. The van der Waals surface area contributed by atoms with Gasteiger partial charge in [-0.15, -0.1) is 0 Å². The molecule has 0 saturated heterocycles. The van der Waals surface area contributed by atoms with E-state index in [9.17, 15) is 9.59 Å². The Morgan fingerprint density at radius 1 is 1.13 bits per heavy atom. The van der Waals surface area contributed by atoms with Crippen LogP contribution in [-0.2, 0) is 9.59 Å². The lowest BCUT2D eigenvalue weighted by Crippen LogP contribution is -2.59. The molecule has 0 aromatic heterocycles. The van der Waals surface area contributed by atoms with Crippen molar-refractivity contribution in [1.82, 2.24) is 5.32 Å². The van der Waals surface area contributed by atoms with E-state index >= 15 is 0 Å². The van der Waals surface area contributed by atoms with Gasteiger partial charge in [-0.3, -0.25) is 9.59 Å². The lowest BCUT2D eigenvalue weighted by atomic mass is 9.67. The van der Waals surface area contributed by atoms with Crippen molar-refractivity contribution in [3.8, 4) is 0 Å². The van der Waals surface area contributed by atoms with Gasteiger partial charge in [-0.25, -0.2) is 0 Å². The number of carbonyl (C=O) groups excluding carboxylic acids is 1. The second-order valence-corrected chi connectivity index (χ2v) is 5.11. The molecule has 15 heavy (non-hydrogen) atoms. The molecule has 2 fully saturated rings. The maximum absolute atomic E-state index is 11.9. The maximum atomic E-state index is 11.9. The summed E-state index contributed by atoms with van der Waals surface area (Å²) in [5.74, 6) is -1.24. The second kappa shape index (κ2) is 3.22. The third-order valence-corrected chi connectivity index (χ3v) is 3.92. The molecule has 0 aromatic rings. The molecule has 84 valence electrons. The van der Waals surface area contributed by atoms with Crippen molar-refractivity contribution in [2.24, 2.45) is 5.41 Å². The minimum Gasteiger partial charge on any atom is -0.480 e. The van der Waals surface area contributed by atoms with E-state index in [0.717, 1.165) is 25.7 Å². The largest absolute Gasteiger partial charge is 0.480 e. The Balaban J connectivity index is 2.03. The molecule has 2 rings (SSSR count). The van der Waals surface area contributed by atoms with Gasteiger partial charge in [0.25, 0.3) is 0 Å². The molecule has 0 radical (unpaired) electrons. The predicted octanol–water partition coefficient (Wildman–Crippen LogP) is 1.30. The van der Waals surface area contributed by atoms with Gasteiger partial charge in [-0.05, 0) is 39.0 Å². The molecule has 2 saturated carbocycles. The molecule has 4 heteroatoms. The van der Waals surface area contributed by atoms with Crippen LogP contribution in [0.25, 0.3) is 0 Å². The molecule has 0 aromatic carbocycles. The van der Waals surface area contributed by atoms with Crippen LogP contribution in [0.1, 0.15) is 45.4 Å². The van der Waals surface area contributed by atoms with E-state index in [-0.39, 0.29) is 11.4 Å². The average Bonchev–Trinajstić information content (AvgIpc) is 1.97. The monoisotopic (exact) mass is 211 g/mol. The molecule has 0 heterocycles. The molecule has 2 aliphatic carbocycles. The second-order valence-electron chi connectivity index (χ2n) is 5.11. The summed E-state index contributed by atoms with van der Waals surface area (Å²) in [5.41, 5.74) is -1.26. The van der Waals surface area contributed by atoms with Crippen LogP contribution in [0.3, 0.4) is 0 Å². The number of carbonyl (C=O) groups is 2. The van der Waals surface area contributed by atoms with Crippen LogP contribution >= 0.6 is 0 Å². The van der Waals surface area contributed by atoms with Crippen molar-refractivity contribution in [2.75, 3.05) is 0 Å². The van der Waals surface area contributed by atoms with Crippen molar-refractivity contribution >= 4 is 11.9 Å². The van der Waals surface area contributed by atoms with Crippen LogP contribution in [0.2, 0.25) is 0 Å². The van der Waals surface area contributed by atoms with Gasteiger partial charge in [-0.2, -0.15) is 0 Å². The first-order chi connectivity index (χ1) is 6.99. The Bertz CT molecular complexity index is 303. The third-order valence-electron chi connectivity index (χ3n) is 3.92. The Kier molecular flexibility index (Phi) is 2.24. The topological polar surface area (TPSA) is 66.4 Å². The van der Waals surface area contributed by atoms with Crippen molar-refractivity contribution in [2.45, 2.75) is 51.0 Å². The highest BCUT2D eigenvalue weighted by atomic mass is 16.4. The SMILES string of the molecule is CC1(NC(=O)C2(C(=O)O)CCC2)CCC1. The van der Waals surface area contributed by atoms with Gasteiger partial charge >= 0.3 is 5.97 Å². The van der Waals surface area contributed by atoms with Crippen LogP contribution in [0.4, 0.5) is 0 Å². The maximum Gasteiger partial charge on any atom is 0.319 e. The van der Waals surface area contributed by atoms with Crippen molar-refractivity contribution in [3.63, 3.8) is 0 Å². The minimum atomic E-state index is -1.11. The lowest BCUT2D eigenvalue weighted by molar-refractivity contribution is -0.163. The number of nitrogens with one attached hydrogen (secondary N) is 1. The zero-order chi connectivity index (χ0) is 11.1. The fraction of sp³-hybridized carbons (Fsp3) is 0.818. The molecule has 0 aliphatic heterocycles. The predicted molar refractivity (Wildman–Crippen MR) is 54.3 cm³/mol. The van der Waals surface area contributed by atoms with E-state index in [1.165, 1.54) is 0 Å². The molecule has 0 bridgehead atoms. The summed E-state index contributed by atoms with van der Waals surface area (Å²) in [7, 11) is 0. The van der Waals surface area contributed by atoms with Gasteiger partial charge in [0.05, 0.1) is 0 Å². The summed E-state index contributed by atoms with van der Waals surface area (Å²) >= 11 is 0. The zero-order valence-electron chi connectivity index (χ0n) is 9.01. The molecule has 0 atom stereocenters. The summed E-state index contributed by atoms with van der Waals surface area (Å²) in [6.45, 7) is 1.99. The van der Waals surface area contributed by atoms with Gasteiger partial charge in [0, 0.05) is 5.54 Å². The van der Waals surface area contributed by atoms with Crippen LogP contribution in [-0.4, -0.2) is 22.5 Å². The summed E-state index contributed by atoms with van der Waals surface area (Å²) in [6.07, 6.45) is 4.88. The number of aliphatic carboxylic acids is 1. The van der Waals surface area contributed by atoms with E-state index in [1.54, 1.807) is 0 Å². The van der Waals surface area contributed by atoms with Gasteiger partial charge in [-0.1, -0.05) is 6.42 Å². The lowest BCUT2D eigenvalue weighted by Gasteiger charge is -2.44. The van der Waals surface area contributed by atoms with E-state index in [2.05, 4.69) is 5.32 Å². The number of amides is 1. The van der Waals surface area contributed by atoms with Crippen LogP contribution in [0.15, 0.2) is 0 Å². The van der Waals surface area contributed by atoms with Crippen molar-refractivity contribution in [1.29, 1.82) is 0 Å². The molecule has 0 unspecified atom stereocenters. The average molecular weight is 211 g/mol. The highest BCUT2D eigenvalue weighted by molar-refractivity contribution is 6.03. The van der Waals surface area contributed by atoms with Gasteiger partial charge in [0.15, 0.2) is 0 Å². The third kappa shape index (κ3) is 1.52. The highest BCUT2D eigenvalue weighted by Crippen LogP contribution is 2.43. The molecular formula is C11H17NO3. The highest BCUT2D eigenvalue weighted by Gasteiger charge is 2.52.